The molecule has 80 valence electrons. The van der Waals surface area contributed by atoms with Gasteiger partial charge >= 0.3 is 0 Å². The Bertz CT molecular complexity index is 450. The van der Waals surface area contributed by atoms with Gasteiger partial charge in [-0.2, -0.15) is 0 Å². The number of hydrogen-bond donors (Lipinski definition) is 1. The van der Waals surface area contributed by atoms with Crippen molar-refractivity contribution in [2.24, 2.45) is 0 Å². The molecule has 2 rings (SSSR count). The lowest BCUT2D eigenvalue weighted by Gasteiger charge is -2.09. The molecule has 0 atom stereocenters. The molecule has 0 unspecified atom stereocenters. The number of ether oxygens (including phenoxy) is 1. The van der Waals surface area contributed by atoms with Crippen LogP contribution in [0.25, 0.3) is 10.1 Å². The van der Waals surface area contributed by atoms with E-state index in [4.69, 9.17) is 4.74 Å². The summed E-state index contributed by atoms with van der Waals surface area (Å²) in [5.41, 5.74) is 1.28. The van der Waals surface area contributed by atoms with Crippen molar-refractivity contribution in [3.8, 4) is 5.75 Å². The SMILES string of the molecule is CNCCc1ccc2ccsc2c1OC. The van der Waals surface area contributed by atoms with Crippen molar-refractivity contribution in [3.63, 3.8) is 0 Å². The molecule has 1 aromatic carbocycles. The fraction of sp³-hybridized carbons (Fsp3) is 0.333. The van der Waals surface area contributed by atoms with E-state index in [0.29, 0.717) is 0 Å². The first-order valence-corrected chi connectivity index (χ1v) is 5.92. The Morgan fingerprint density at radius 1 is 1.33 bits per heavy atom. The summed E-state index contributed by atoms with van der Waals surface area (Å²) in [7, 11) is 3.72. The topological polar surface area (TPSA) is 21.3 Å². The van der Waals surface area contributed by atoms with Crippen LogP contribution in [0.1, 0.15) is 5.56 Å². The Morgan fingerprint density at radius 2 is 2.20 bits per heavy atom. The average Bonchev–Trinajstić information content (AvgIpc) is 2.73. The molecule has 0 amide bonds. The van der Waals surface area contributed by atoms with Crippen LogP contribution >= 0.6 is 11.3 Å². The molecule has 2 nitrogen and oxygen atoms in total. The van der Waals surface area contributed by atoms with Crippen molar-refractivity contribution >= 4 is 21.4 Å². The highest BCUT2D eigenvalue weighted by Gasteiger charge is 2.08. The van der Waals surface area contributed by atoms with E-state index >= 15 is 0 Å². The van der Waals surface area contributed by atoms with E-state index in [9.17, 15) is 0 Å². The number of benzene rings is 1. The highest BCUT2D eigenvalue weighted by Crippen LogP contribution is 2.33. The molecule has 1 N–H and O–H groups in total. The molecular formula is C12H15NOS. The minimum atomic E-state index is 0.979. The van der Waals surface area contributed by atoms with Gasteiger partial charge in [0.05, 0.1) is 11.8 Å². The molecule has 0 radical (unpaired) electrons. The zero-order valence-electron chi connectivity index (χ0n) is 9.04. The predicted octanol–water partition coefficient (Wildman–Crippen LogP) is 2.67. The van der Waals surface area contributed by atoms with Gasteiger partial charge in [0.2, 0.25) is 0 Å². The van der Waals surface area contributed by atoms with E-state index < -0.39 is 0 Å². The lowest BCUT2D eigenvalue weighted by atomic mass is 10.1. The van der Waals surface area contributed by atoms with Gasteiger partial charge in [0.1, 0.15) is 5.75 Å². The standard InChI is InChI=1S/C12H15NOS/c1-13-7-5-9-3-4-10-6-8-15-12(10)11(9)14-2/h3-4,6,8,13H,5,7H2,1-2H3. The molecular weight excluding hydrogens is 206 g/mol. The Morgan fingerprint density at radius 3 is 2.93 bits per heavy atom. The largest absolute Gasteiger partial charge is 0.495 e. The molecule has 0 spiro atoms. The first kappa shape index (κ1) is 10.5. The second kappa shape index (κ2) is 4.64. The summed E-state index contributed by atoms with van der Waals surface area (Å²) in [5, 5.41) is 6.53. The van der Waals surface area contributed by atoms with E-state index in [1.54, 1.807) is 18.4 Å². The van der Waals surface area contributed by atoms with Crippen molar-refractivity contribution in [2.45, 2.75) is 6.42 Å². The number of fused-ring (bicyclic) bond motifs is 1. The number of thiophene rings is 1. The van der Waals surface area contributed by atoms with Gasteiger partial charge in [-0.1, -0.05) is 12.1 Å². The van der Waals surface area contributed by atoms with Crippen LogP contribution in [0.2, 0.25) is 0 Å². The Labute approximate surface area is 93.9 Å². The molecule has 1 heterocycles. The van der Waals surface area contributed by atoms with Gasteiger partial charge in [0.25, 0.3) is 0 Å². The molecule has 0 saturated carbocycles. The van der Waals surface area contributed by atoms with Crippen molar-refractivity contribution < 1.29 is 4.74 Å². The third-order valence-electron chi connectivity index (χ3n) is 2.51. The Balaban J connectivity index is 2.44. The maximum atomic E-state index is 5.50. The van der Waals surface area contributed by atoms with Crippen LogP contribution in [0.15, 0.2) is 23.6 Å². The first-order valence-electron chi connectivity index (χ1n) is 5.04. The second-order valence-corrected chi connectivity index (χ2v) is 4.37. The summed E-state index contributed by atoms with van der Waals surface area (Å²) in [6.07, 6.45) is 1.01. The lowest BCUT2D eigenvalue weighted by molar-refractivity contribution is 0.415. The molecule has 0 aliphatic heterocycles. The number of hydrogen-bond acceptors (Lipinski definition) is 3. The van der Waals surface area contributed by atoms with Crippen LogP contribution in [0.5, 0.6) is 5.75 Å². The molecule has 1 aromatic heterocycles. The Hall–Kier alpha value is -1.06. The maximum absolute atomic E-state index is 5.50. The van der Waals surface area contributed by atoms with E-state index in [1.165, 1.54) is 15.6 Å². The third-order valence-corrected chi connectivity index (χ3v) is 3.44. The minimum absolute atomic E-state index is 0.979. The number of likely N-dealkylation sites (N-methyl/N-ethyl adjacent to an activating group) is 1. The molecule has 0 aliphatic carbocycles. The number of nitrogens with one attached hydrogen (secondary N) is 1. The van der Waals surface area contributed by atoms with Gasteiger partial charge in [-0.3, -0.25) is 0 Å². The summed E-state index contributed by atoms with van der Waals surface area (Å²) in [5.74, 6) is 1.04. The number of rotatable bonds is 4. The second-order valence-electron chi connectivity index (χ2n) is 3.45. The molecule has 0 fully saturated rings. The summed E-state index contributed by atoms with van der Waals surface area (Å²) < 4.78 is 6.75. The summed E-state index contributed by atoms with van der Waals surface area (Å²) in [6.45, 7) is 0.979. The molecule has 0 saturated heterocycles. The summed E-state index contributed by atoms with van der Waals surface area (Å²) >= 11 is 1.74. The van der Waals surface area contributed by atoms with Crippen molar-refractivity contribution in [2.75, 3.05) is 20.7 Å². The molecule has 0 aliphatic rings. The Kier molecular flexibility index (Phi) is 3.23. The zero-order valence-corrected chi connectivity index (χ0v) is 9.86. The highest BCUT2D eigenvalue weighted by atomic mass is 32.1. The van der Waals surface area contributed by atoms with Crippen molar-refractivity contribution in [1.29, 1.82) is 0 Å². The maximum Gasteiger partial charge on any atom is 0.139 e. The van der Waals surface area contributed by atoms with E-state index in [0.717, 1.165) is 18.7 Å². The van der Waals surface area contributed by atoms with Crippen LogP contribution < -0.4 is 10.1 Å². The van der Waals surface area contributed by atoms with Gasteiger partial charge in [-0.15, -0.1) is 11.3 Å². The van der Waals surface area contributed by atoms with Gasteiger partial charge in [-0.05, 0) is 42.4 Å². The predicted molar refractivity (Wildman–Crippen MR) is 66.0 cm³/mol. The lowest BCUT2D eigenvalue weighted by Crippen LogP contribution is -2.10. The smallest absolute Gasteiger partial charge is 0.139 e. The fourth-order valence-corrected chi connectivity index (χ4v) is 2.67. The molecule has 15 heavy (non-hydrogen) atoms. The summed E-state index contributed by atoms with van der Waals surface area (Å²) in [4.78, 5) is 0. The summed E-state index contributed by atoms with van der Waals surface area (Å²) in [6, 6.07) is 6.45. The zero-order chi connectivity index (χ0) is 10.7. The minimum Gasteiger partial charge on any atom is -0.495 e. The van der Waals surface area contributed by atoms with Gasteiger partial charge in [0, 0.05) is 0 Å². The van der Waals surface area contributed by atoms with Crippen LogP contribution in [-0.4, -0.2) is 20.7 Å². The monoisotopic (exact) mass is 221 g/mol. The van der Waals surface area contributed by atoms with Crippen molar-refractivity contribution in [3.05, 3.63) is 29.1 Å². The normalized spacial score (nSPS) is 10.8. The quantitative estimate of drug-likeness (QED) is 0.857. The molecule has 2 aromatic rings. The van der Waals surface area contributed by atoms with E-state index in [2.05, 4.69) is 28.9 Å². The van der Waals surface area contributed by atoms with Crippen LogP contribution in [0.3, 0.4) is 0 Å². The van der Waals surface area contributed by atoms with Gasteiger partial charge in [0.15, 0.2) is 0 Å². The average molecular weight is 221 g/mol. The van der Waals surface area contributed by atoms with Crippen molar-refractivity contribution in [1.82, 2.24) is 5.32 Å². The van der Waals surface area contributed by atoms with E-state index in [1.807, 2.05) is 7.05 Å². The van der Waals surface area contributed by atoms with Crippen LogP contribution in [0.4, 0.5) is 0 Å². The van der Waals surface area contributed by atoms with Crippen LogP contribution in [-0.2, 0) is 6.42 Å². The van der Waals surface area contributed by atoms with E-state index in [-0.39, 0.29) is 0 Å². The van der Waals surface area contributed by atoms with Gasteiger partial charge in [-0.25, -0.2) is 0 Å². The fourth-order valence-electron chi connectivity index (χ4n) is 1.73. The number of methoxy groups -OCH3 is 1. The molecule has 0 bridgehead atoms. The van der Waals surface area contributed by atoms with Gasteiger partial charge < -0.3 is 10.1 Å². The highest BCUT2D eigenvalue weighted by molar-refractivity contribution is 7.17. The van der Waals surface area contributed by atoms with Crippen LogP contribution in [0, 0.1) is 0 Å². The first-order chi connectivity index (χ1) is 7.36. The molecule has 3 heteroatoms. The third kappa shape index (κ3) is 1.98.